The Balaban J connectivity index is 2.09. The molecule has 1 unspecified atom stereocenters. The zero-order valence-corrected chi connectivity index (χ0v) is 11.4. The summed E-state index contributed by atoms with van der Waals surface area (Å²) in [5, 5.41) is 9.74. The molecule has 0 fully saturated rings. The summed E-state index contributed by atoms with van der Waals surface area (Å²) in [5.74, 6) is -1.34. The number of nitrogens with zero attached hydrogens (tertiary/aromatic N) is 3. The maximum atomic E-state index is 13.7. The molecule has 0 radical (unpaired) electrons. The molecular weight excluding hydrogens is 264 g/mol. The van der Waals surface area contributed by atoms with E-state index in [0.29, 0.717) is 13.1 Å². The molecule has 0 amide bonds. The van der Waals surface area contributed by atoms with Crippen LogP contribution in [0.3, 0.4) is 0 Å². The Kier molecular flexibility index (Phi) is 4.49. The Morgan fingerprint density at radius 2 is 2.05 bits per heavy atom. The largest absolute Gasteiger partial charge is 0.368 e. The van der Waals surface area contributed by atoms with Crippen LogP contribution in [0.2, 0.25) is 0 Å². The molecule has 0 saturated heterocycles. The lowest BCUT2D eigenvalue weighted by atomic mass is 10.3. The van der Waals surface area contributed by atoms with Gasteiger partial charge in [0.25, 0.3) is 0 Å². The van der Waals surface area contributed by atoms with Crippen LogP contribution in [0.4, 0.5) is 20.4 Å². The third-order valence-corrected chi connectivity index (χ3v) is 2.68. The van der Waals surface area contributed by atoms with E-state index >= 15 is 0 Å². The van der Waals surface area contributed by atoms with Gasteiger partial charge in [-0.3, -0.25) is 4.68 Å². The van der Waals surface area contributed by atoms with Crippen molar-refractivity contribution in [2.24, 2.45) is 0 Å². The van der Waals surface area contributed by atoms with Gasteiger partial charge in [0.05, 0.1) is 6.54 Å². The highest BCUT2D eigenvalue weighted by Gasteiger charge is 2.13. The van der Waals surface area contributed by atoms with Crippen molar-refractivity contribution in [3.63, 3.8) is 0 Å². The van der Waals surface area contributed by atoms with E-state index in [-0.39, 0.29) is 17.7 Å². The van der Waals surface area contributed by atoms with Gasteiger partial charge in [-0.15, -0.1) is 0 Å². The highest BCUT2D eigenvalue weighted by atomic mass is 19.1. The molecule has 108 valence electrons. The lowest BCUT2D eigenvalue weighted by molar-refractivity contribution is 0.546. The molecule has 2 heterocycles. The third-order valence-electron chi connectivity index (χ3n) is 2.68. The predicted octanol–water partition coefficient (Wildman–Crippen LogP) is 2.49. The second-order valence-corrected chi connectivity index (χ2v) is 4.45. The minimum Gasteiger partial charge on any atom is -0.368 e. The average Bonchev–Trinajstić information content (AvgIpc) is 2.88. The van der Waals surface area contributed by atoms with Gasteiger partial charge < -0.3 is 10.6 Å². The zero-order valence-electron chi connectivity index (χ0n) is 11.4. The molecule has 2 aromatic heterocycles. The second kappa shape index (κ2) is 6.31. The first-order valence-corrected chi connectivity index (χ1v) is 6.44. The fourth-order valence-corrected chi connectivity index (χ4v) is 1.83. The Labute approximate surface area is 116 Å². The summed E-state index contributed by atoms with van der Waals surface area (Å²) in [6, 6.07) is 2.54. The summed E-state index contributed by atoms with van der Waals surface area (Å²) in [7, 11) is 0. The predicted molar refractivity (Wildman–Crippen MR) is 73.6 cm³/mol. The van der Waals surface area contributed by atoms with Crippen LogP contribution in [0, 0.1) is 11.6 Å². The van der Waals surface area contributed by atoms with E-state index in [0.717, 1.165) is 6.07 Å². The summed E-state index contributed by atoms with van der Waals surface area (Å²) in [4.78, 5) is 3.93. The third kappa shape index (κ3) is 3.43. The van der Waals surface area contributed by atoms with Crippen LogP contribution in [0.1, 0.15) is 13.8 Å². The van der Waals surface area contributed by atoms with E-state index in [4.69, 9.17) is 0 Å². The topological polar surface area (TPSA) is 54.8 Å². The van der Waals surface area contributed by atoms with E-state index in [1.165, 1.54) is 0 Å². The summed E-state index contributed by atoms with van der Waals surface area (Å²) in [5.41, 5.74) is 0. The van der Waals surface area contributed by atoms with Gasteiger partial charge in [0.1, 0.15) is 0 Å². The number of hydrogen-bond acceptors (Lipinski definition) is 4. The van der Waals surface area contributed by atoms with Crippen LogP contribution < -0.4 is 10.6 Å². The van der Waals surface area contributed by atoms with Crippen LogP contribution in [-0.4, -0.2) is 27.4 Å². The van der Waals surface area contributed by atoms with Crippen LogP contribution >= 0.6 is 0 Å². The fourth-order valence-electron chi connectivity index (χ4n) is 1.83. The minimum atomic E-state index is -0.712. The van der Waals surface area contributed by atoms with Gasteiger partial charge in [0.15, 0.2) is 23.3 Å². The first-order chi connectivity index (χ1) is 9.60. The molecule has 2 rings (SSSR count). The number of aromatic nitrogens is 3. The number of halogens is 2. The monoisotopic (exact) mass is 281 g/mol. The molecule has 0 aliphatic rings. The van der Waals surface area contributed by atoms with Crippen molar-refractivity contribution in [1.82, 2.24) is 14.8 Å². The Bertz CT molecular complexity index is 556. The first-order valence-electron chi connectivity index (χ1n) is 6.44. The van der Waals surface area contributed by atoms with Crippen LogP contribution in [0.5, 0.6) is 0 Å². The summed E-state index contributed by atoms with van der Waals surface area (Å²) in [6.07, 6.45) is 3.49. The molecule has 0 aliphatic carbocycles. The standard InChI is InChI=1S/C13H17F2N5/c1-3-16-12-10(14)7-11(15)13(19-12)18-9(2)8-20-6-4-5-17-20/h4-7,9H,3,8H2,1-2H3,(H2,16,18,19). The van der Waals surface area contributed by atoms with E-state index in [1.54, 1.807) is 10.9 Å². The number of hydrogen-bond donors (Lipinski definition) is 2. The summed E-state index contributed by atoms with van der Waals surface area (Å²) < 4.78 is 28.9. The van der Waals surface area contributed by atoms with Crippen LogP contribution in [0.15, 0.2) is 24.5 Å². The lowest BCUT2D eigenvalue weighted by Crippen LogP contribution is -2.23. The fraction of sp³-hybridized carbons (Fsp3) is 0.385. The maximum Gasteiger partial charge on any atom is 0.168 e. The Morgan fingerprint density at radius 1 is 1.30 bits per heavy atom. The molecule has 0 spiro atoms. The van der Waals surface area contributed by atoms with Crippen molar-refractivity contribution in [3.05, 3.63) is 36.2 Å². The summed E-state index contributed by atoms with van der Waals surface area (Å²) >= 11 is 0. The van der Waals surface area contributed by atoms with E-state index < -0.39 is 11.6 Å². The summed E-state index contributed by atoms with van der Waals surface area (Å²) in [6.45, 7) is 4.76. The van der Waals surface area contributed by atoms with Crippen molar-refractivity contribution >= 4 is 11.6 Å². The quantitative estimate of drug-likeness (QED) is 0.854. The molecule has 20 heavy (non-hydrogen) atoms. The van der Waals surface area contributed by atoms with E-state index in [2.05, 4.69) is 20.7 Å². The molecule has 0 saturated carbocycles. The SMILES string of the molecule is CCNc1nc(NC(C)Cn2cccn2)c(F)cc1F. The van der Waals surface area contributed by atoms with Crippen molar-refractivity contribution in [2.75, 3.05) is 17.2 Å². The number of nitrogens with one attached hydrogen (secondary N) is 2. The zero-order chi connectivity index (χ0) is 14.5. The van der Waals surface area contributed by atoms with Crippen molar-refractivity contribution in [1.29, 1.82) is 0 Å². The van der Waals surface area contributed by atoms with Crippen molar-refractivity contribution < 1.29 is 8.78 Å². The van der Waals surface area contributed by atoms with Gasteiger partial charge in [0.2, 0.25) is 0 Å². The molecule has 0 bridgehead atoms. The Hall–Kier alpha value is -2.18. The van der Waals surface area contributed by atoms with Crippen LogP contribution in [0.25, 0.3) is 0 Å². The first kappa shape index (κ1) is 14.2. The van der Waals surface area contributed by atoms with Gasteiger partial charge in [-0.1, -0.05) is 0 Å². The highest BCUT2D eigenvalue weighted by molar-refractivity contribution is 5.47. The molecule has 2 N–H and O–H groups in total. The highest BCUT2D eigenvalue weighted by Crippen LogP contribution is 2.19. The molecule has 0 aromatic carbocycles. The Morgan fingerprint density at radius 3 is 2.70 bits per heavy atom. The average molecular weight is 281 g/mol. The number of anilines is 2. The van der Waals surface area contributed by atoms with E-state index in [1.807, 2.05) is 26.1 Å². The smallest absolute Gasteiger partial charge is 0.168 e. The molecule has 1 atom stereocenters. The van der Waals surface area contributed by atoms with Gasteiger partial charge in [-0.2, -0.15) is 5.10 Å². The second-order valence-electron chi connectivity index (χ2n) is 4.45. The van der Waals surface area contributed by atoms with Gasteiger partial charge in [0, 0.05) is 31.0 Å². The molecular formula is C13H17F2N5. The van der Waals surface area contributed by atoms with Gasteiger partial charge in [-0.25, -0.2) is 13.8 Å². The number of pyridine rings is 1. The molecule has 5 nitrogen and oxygen atoms in total. The molecule has 0 aliphatic heterocycles. The normalized spacial score (nSPS) is 12.2. The minimum absolute atomic E-state index is 0.0296. The van der Waals surface area contributed by atoms with Crippen molar-refractivity contribution in [2.45, 2.75) is 26.4 Å². The molecule has 2 aromatic rings. The van der Waals surface area contributed by atoms with Crippen LogP contribution in [-0.2, 0) is 6.54 Å². The van der Waals surface area contributed by atoms with Gasteiger partial charge >= 0.3 is 0 Å². The molecule has 7 heteroatoms. The van der Waals surface area contributed by atoms with Crippen molar-refractivity contribution in [3.8, 4) is 0 Å². The van der Waals surface area contributed by atoms with E-state index in [9.17, 15) is 8.78 Å². The maximum absolute atomic E-state index is 13.7. The lowest BCUT2D eigenvalue weighted by Gasteiger charge is -2.16. The van der Waals surface area contributed by atoms with Gasteiger partial charge in [-0.05, 0) is 19.9 Å². The number of rotatable bonds is 6.